The fourth-order valence-electron chi connectivity index (χ4n) is 6.15. The molecule has 0 saturated heterocycles. The van der Waals surface area contributed by atoms with Crippen molar-refractivity contribution in [3.63, 3.8) is 0 Å². The van der Waals surface area contributed by atoms with E-state index in [1.807, 2.05) is 0 Å². The molecule has 0 spiro atoms. The molecule has 0 heterocycles. The molecule has 42 heavy (non-hydrogen) atoms. The summed E-state index contributed by atoms with van der Waals surface area (Å²) in [6, 6.07) is 0. The maximum atomic E-state index is 5.80. The van der Waals surface area contributed by atoms with Crippen LogP contribution in [0.3, 0.4) is 0 Å². The van der Waals surface area contributed by atoms with Crippen molar-refractivity contribution in [3.8, 4) is 0 Å². The van der Waals surface area contributed by atoms with E-state index < -0.39 is 0 Å². The molecular formula is C39H82N2O. The van der Waals surface area contributed by atoms with Gasteiger partial charge >= 0.3 is 0 Å². The predicted octanol–water partition coefficient (Wildman–Crippen LogP) is 12.4. The zero-order valence-corrected chi connectivity index (χ0v) is 29.4. The predicted molar refractivity (Wildman–Crippen MR) is 191 cm³/mol. The summed E-state index contributed by atoms with van der Waals surface area (Å²) in [5, 5.41) is 3.52. The third-order valence-corrected chi connectivity index (χ3v) is 9.09. The van der Waals surface area contributed by atoms with Crippen molar-refractivity contribution in [2.75, 3.05) is 32.8 Å². The van der Waals surface area contributed by atoms with Crippen molar-refractivity contribution < 1.29 is 4.74 Å². The summed E-state index contributed by atoms with van der Waals surface area (Å²) in [6.45, 7) is 7.25. The van der Waals surface area contributed by atoms with Crippen LogP contribution in [0, 0.1) is 0 Å². The van der Waals surface area contributed by atoms with Gasteiger partial charge in [0.15, 0.2) is 0 Å². The number of ether oxygens (including phenoxy) is 1. The van der Waals surface area contributed by atoms with Crippen LogP contribution in [-0.4, -0.2) is 32.8 Å². The highest BCUT2D eigenvalue weighted by Crippen LogP contribution is 2.16. The Hall–Kier alpha value is -0.120. The van der Waals surface area contributed by atoms with Gasteiger partial charge < -0.3 is 15.8 Å². The fourth-order valence-corrected chi connectivity index (χ4v) is 6.15. The molecule has 0 aliphatic heterocycles. The van der Waals surface area contributed by atoms with Crippen LogP contribution in [0.1, 0.15) is 219 Å². The largest absolute Gasteiger partial charge is 0.381 e. The van der Waals surface area contributed by atoms with Crippen LogP contribution in [0.4, 0.5) is 0 Å². The Labute approximate surface area is 267 Å². The number of unbranched alkanes of at least 4 members (excludes halogenated alkanes) is 30. The molecule has 0 unspecified atom stereocenters. The van der Waals surface area contributed by atoms with E-state index >= 15 is 0 Å². The third-order valence-electron chi connectivity index (χ3n) is 9.09. The van der Waals surface area contributed by atoms with Crippen LogP contribution in [0.25, 0.3) is 0 Å². The Morgan fingerprint density at radius 3 is 1.00 bits per heavy atom. The molecule has 0 aliphatic carbocycles. The average Bonchev–Trinajstić information content (AvgIpc) is 3.00. The van der Waals surface area contributed by atoms with Crippen LogP contribution < -0.4 is 11.1 Å². The lowest BCUT2D eigenvalue weighted by molar-refractivity contribution is 0.127. The first-order chi connectivity index (χ1) is 20.9. The molecule has 0 aromatic carbocycles. The first-order valence-corrected chi connectivity index (χ1v) is 19.9. The van der Waals surface area contributed by atoms with Gasteiger partial charge in [0.25, 0.3) is 0 Å². The molecule has 0 bridgehead atoms. The topological polar surface area (TPSA) is 47.3 Å². The fraction of sp³-hybridized carbons (Fsp3) is 1.00. The Bertz CT molecular complexity index is 404. The van der Waals surface area contributed by atoms with Gasteiger partial charge in [0.2, 0.25) is 0 Å². The van der Waals surface area contributed by atoms with Crippen LogP contribution >= 0.6 is 0 Å². The van der Waals surface area contributed by atoms with Crippen molar-refractivity contribution >= 4 is 0 Å². The smallest absolute Gasteiger partial charge is 0.0478 e. The standard InChI is InChI=1S/C39H82N2O/c1-2-3-4-5-6-7-8-9-10-11-12-13-14-15-16-17-18-19-20-21-22-23-24-25-26-27-30-33-38-42-39-34-37-41-36-32-29-28-31-35-40/h41H,2-40H2,1H3. The Kier molecular flexibility index (Phi) is 40.8. The molecular weight excluding hydrogens is 512 g/mol. The highest BCUT2D eigenvalue weighted by Gasteiger charge is 1.97. The summed E-state index contributed by atoms with van der Waals surface area (Å²) in [5.41, 5.74) is 5.52. The monoisotopic (exact) mass is 595 g/mol. The number of nitrogens with two attached hydrogens (primary N) is 1. The third kappa shape index (κ3) is 39.9. The Morgan fingerprint density at radius 1 is 0.333 bits per heavy atom. The zero-order valence-electron chi connectivity index (χ0n) is 29.4. The number of nitrogens with one attached hydrogen (secondary N) is 1. The summed E-state index contributed by atoms with van der Waals surface area (Å²) in [6.07, 6.45) is 46.9. The SMILES string of the molecule is CCCCCCCCCCCCCCCCCCCCCCCCCCCCCCOCCCNCCCCCCN. The number of hydrogen-bond donors (Lipinski definition) is 2. The van der Waals surface area contributed by atoms with Gasteiger partial charge in [-0.1, -0.05) is 193 Å². The normalized spacial score (nSPS) is 11.6. The quantitative estimate of drug-likeness (QED) is 0.0696. The maximum absolute atomic E-state index is 5.80. The van der Waals surface area contributed by atoms with E-state index in [1.54, 1.807) is 0 Å². The van der Waals surface area contributed by atoms with Gasteiger partial charge in [-0.05, 0) is 45.3 Å². The van der Waals surface area contributed by atoms with Gasteiger partial charge in [0.05, 0.1) is 0 Å². The molecule has 0 aliphatic rings. The van der Waals surface area contributed by atoms with Gasteiger partial charge in [-0.2, -0.15) is 0 Å². The lowest BCUT2D eigenvalue weighted by Gasteiger charge is -2.06. The summed E-state index contributed by atoms with van der Waals surface area (Å²) in [4.78, 5) is 0. The van der Waals surface area contributed by atoms with E-state index in [-0.39, 0.29) is 0 Å². The van der Waals surface area contributed by atoms with Crippen molar-refractivity contribution in [2.45, 2.75) is 219 Å². The van der Waals surface area contributed by atoms with Crippen molar-refractivity contribution in [1.29, 1.82) is 0 Å². The lowest BCUT2D eigenvalue weighted by Crippen LogP contribution is -2.18. The highest BCUT2D eigenvalue weighted by atomic mass is 16.5. The van der Waals surface area contributed by atoms with E-state index in [2.05, 4.69) is 12.2 Å². The molecule has 0 saturated carbocycles. The van der Waals surface area contributed by atoms with Crippen molar-refractivity contribution in [3.05, 3.63) is 0 Å². The van der Waals surface area contributed by atoms with E-state index in [0.29, 0.717) is 0 Å². The van der Waals surface area contributed by atoms with Crippen LogP contribution in [-0.2, 0) is 4.74 Å². The first kappa shape index (κ1) is 41.9. The van der Waals surface area contributed by atoms with Gasteiger partial charge in [0.1, 0.15) is 0 Å². The molecule has 254 valence electrons. The minimum atomic E-state index is 0.838. The second kappa shape index (κ2) is 40.9. The molecule has 3 N–H and O–H groups in total. The molecule has 0 aromatic heterocycles. The van der Waals surface area contributed by atoms with Crippen LogP contribution in [0.2, 0.25) is 0 Å². The van der Waals surface area contributed by atoms with Crippen LogP contribution in [0.5, 0.6) is 0 Å². The molecule has 3 heteroatoms. The van der Waals surface area contributed by atoms with E-state index in [9.17, 15) is 0 Å². The van der Waals surface area contributed by atoms with E-state index in [1.165, 1.54) is 205 Å². The minimum absolute atomic E-state index is 0.838. The second-order valence-electron chi connectivity index (χ2n) is 13.5. The molecule has 0 rings (SSSR count). The molecule has 0 radical (unpaired) electrons. The van der Waals surface area contributed by atoms with E-state index in [0.717, 1.165) is 39.3 Å². The van der Waals surface area contributed by atoms with Gasteiger partial charge in [-0.25, -0.2) is 0 Å². The summed E-state index contributed by atoms with van der Waals surface area (Å²) < 4.78 is 5.80. The van der Waals surface area contributed by atoms with Crippen molar-refractivity contribution in [1.82, 2.24) is 5.32 Å². The van der Waals surface area contributed by atoms with Gasteiger partial charge in [0, 0.05) is 13.2 Å². The van der Waals surface area contributed by atoms with Gasteiger partial charge in [-0.3, -0.25) is 0 Å². The number of hydrogen-bond acceptors (Lipinski definition) is 3. The van der Waals surface area contributed by atoms with Crippen molar-refractivity contribution in [2.24, 2.45) is 5.73 Å². The molecule has 0 atom stereocenters. The summed E-state index contributed by atoms with van der Waals surface area (Å²) in [5.74, 6) is 0. The molecule has 0 aromatic rings. The minimum Gasteiger partial charge on any atom is -0.381 e. The van der Waals surface area contributed by atoms with E-state index in [4.69, 9.17) is 10.5 Å². The highest BCUT2D eigenvalue weighted by molar-refractivity contribution is 4.53. The lowest BCUT2D eigenvalue weighted by atomic mass is 10.0. The Morgan fingerprint density at radius 2 is 0.619 bits per heavy atom. The zero-order chi connectivity index (χ0) is 30.3. The molecule has 0 fully saturated rings. The summed E-state index contributed by atoms with van der Waals surface area (Å²) >= 11 is 0. The Balaban J connectivity index is 3.02. The van der Waals surface area contributed by atoms with Gasteiger partial charge in [-0.15, -0.1) is 0 Å². The van der Waals surface area contributed by atoms with Crippen LogP contribution in [0.15, 0.2) is 0 Å². The first-order valence-electron chi connectivity index (χ1n) is 19.9. The number of rotatable bonds is 39. The summed E-state index contributed by atoms with van der Waals surface area (Å²) in [7, 11) is 0. The average molecular weight is 595 g/mol. The second-order valence-corrected chi connectivity index (χ2v) is 13.5. The maximum Gasteiger partial charge on any atom is 0.0478 e. The molecule has 3 nitrogen and oxygen atoms in total. The molecule has 0 amide bonds.